The van der Waals surface area contributed by atoms with Gasteiger partial charge in [-0.1, -0.05) is 72.5 Å². The molecular formula is C23H42O. The molecule has 1 heteroatoms. The molecule has 0 bridgehead atoms. The molecule has 6 unspecified atom stereocenters. The van der Waals surface area contributed by atoms with Gasteiger partial charge in [0.2, 0.25) is 0 Å². The molecular weight excluding hydrogens is 292 g/mol. The quantitative estimate of drug-likeness (QED) is 0.519. The van der Waals surface area contributed by atoms with Gasteiger partial charge in [0.1, 0.15) is 0 Å². The molecule has 0 aliphatic heterocycles. The highest BCUT2D eigenvalue weighted by molar-refractivity contribution is 5.23. The molecule has 1 saturated carbocycles. The third kappa shape index (κ3) is 4.26. The first kappa shape index (κ1) is 20.0. The summed E-state index contributed by atoms with van der Waals surface area (Å²) >= 11 is 0. The lowest BCUT2D eigenvalue weighted by Crippen LogP contribution is -2.44. The summed E-state index contributed by atoms with van der Waals surface area (Å²) in [5, 5.41) is 10.2. The van der Waals surface area contributed by atoms with E-state index in [0.29, 0.717) is 5.41 Å². The molecule has 0 aromatic heterocycles. The summed E-state index contributed by atoms with van der Waals surface area (Å²) in [6.07, 6.45) is 12.2. The van der Waals surface area contributed by atoms with Gasteiger partial charge in [0.15, 0.2) is 0 Å². The fraction of sp³-hybridized carbons (Fsp3) is 0.913. The van der Waals surface area contributed by atoms with Crippen LogP contribution < -0.4 is 0 Å². The first-order chi connectivity index (χ1) is 11.3. The standard InChI is InChI=1S/C23H42O/c1-7-8-18(5)21-11-10-19-15-20(24)13-14-23(19,6)22(21)12-9-17(4)16(2)3/h10,16-18,20-22,24H,7-9,11-15H2,1-6H3. The van der Waals surface area contributed by atoms with Crippen LogP contribution in [0, 0.1) is 35.0 Å². The van der Waals surface area contributed by atoms with Crippen molar-refractivity contribution < 1.29 is 5.11 Å². The van der Waals surface area contributed by atoms with Crippen LogP contribution in [-0.2, 0) is 0 Å². The molecule has 2 rings (SSSR count). The van der Waals surface area contributed by atoms with Gasteiger partial charge in [-0.05, 0) is 67.1 Å². The maximum absolute atomic E-state index is 10.2. The fourth-order valence-corrected chi connectivity index (χ4v) is 5.48. The molecule has 1 nitrogen and oxygen atoms in total. The number of hydrogen-bond donors (Lipinski definition) is 1. The van der Waals surface area contributed by atoms with Crippen molar-refractivity contribution >= 4 is 0 Å². The van der Waals surface area contributed by atoms with Crippen LogP contribution >= 0.6 is 0 Å². The molecule has 6 atom stereocenters. The zero-order valence-electron chi connectivity index (χ0n) is 17.1. The Hall–Kier alpha value is -0.300. The Kier molecular flexibility index (Phi) is 7.00. The van der Waals surface area contributed by atoms with Gasteiger partial charge < -0.3 is 5.11 Å². The minimum atomic E-state index is -0.0934. The minimum Gasteiger partial charge on any atom is -0.393 e. The fourth-order valence-electron chi connectivity index (χ4n) is 5.48. The van der Waals surface area contributed by atoms with Crippen LogP contribution in [0.2, 0.25) is 0 Å². The number of aliphatic hydroxyl groups excluding tert-OH is 1. The molecule has 0 heterocycles. The third-order valence-electron chi connectivity index (χ3n) is 7.70. The van der Waals surface area contributed by atoms with Crippen LogP contribution in [0.25, 0.3) is 0 Å². The topological polar surface area (TPSA) is 20.2 Å². The Balaban J connectivity index is 2.21. The molecule has 0 aromatic carbocycles. The van der Waals surface area contributed by atoms with Crippen LogP contribution in [0.4, 0.5) is 0 Å². The summed E-state index contributed by atoms with van der Waals surface area (Å²) in [6, 6.07) is 0. The summed E-state index contributed by atoms with van der Waals surface area (Å²) in [6.45, 7) is 14.5. The van der Waals surface area contributed by atoms with Gasteiger partial charge in [-0.15, -0.1) is 0 Å². The Bertz CT molecular complexity index is 424. The van der Waals surface area contributed by atoms with E-state index in [9.17, 15) is 5.11 Å². The van der Waals surface area contributed by atoms with E-state index < -0.39 is 0 Å². The molecule has 0 amide bonds. The number of hydrogen-bond acceptors (Lipinski definition) is 1. The summed E-state index contributed by atoms with van der Waals surface area (Å²) < 4.78 is 0. The molecule has 0 saturated heterocycles. The van der Waals surface area contributed by atoms with Crippen molar-refractivity contribution in [1.82, 2.24) is 0 Å². The van der Waals surface area contributed by atoms with Crippen molar-refractivity contribution in [3.63, 3.8) is 0 Å². The van der Waals surface area contributed by atoms with Crippen molar-refractivity contribution in [2.45, 2.75) is 99.0 Å². The minimum absolute atomic E-state index is 0.0934. The third-order valence-corrected chi connectivity index (χ3v) is 7.70. The normalized spacial score (nSPS) is 36.2. The van der Waals surface area contributed by atoms with Crippen LogP contribution in [0.15, 0.2) is 11.6 Å². The van der Waals surface area contributed by atoms with Gasteiger partial charge in [0.05, 0.1) is 6.10 Å². The molecule has 0 spiro atoms. The Morgan fingerprint density at radius 2 is 1.92 bits per heavy atom. The molecule has 24 heavy (non-hydrogen) atoms. The van der Waals surface area contributed by atoms with Crippen LogP contribution in [0.3, 0.4) is 0 Å². The van der Waals surface area contributed by atoms with E-state index in [4.69, 9.17) is 0 Å². The van der Waals surface area contributed by atoms with Crippen LogP contribution in [0.1, 0.15) is 92.9 Å². The first-order valence-electron chi connectivity index (χ1n) is 10.7. The van der Waals surface area contributed by atoms with Crippen molar-refractivity contribution in [2.75, 3.05) is 0 Å². The summed E-state index contributed by atoms with van der Waals surface area (Å²) in [5.74, 6) is 4.09. The van der Waals surface area contributed by atoms with E-state index in [1.54, 1.807) is 5.57 Å². The second kappa shape index (κ2) is 8.39. The van der Waals surface area contributed by atoms with Crippen LogP contribution in [0.5, 0.6) is 0 Å². The smallest absolute Gasteiger partial charge is 0.0577 e. The number of fused-ring (bicyclic) bond motifs is 1. The molecule has 140 valence electrons. The highest BCUT2D eigenvalue weighted by Crippen LogP contribution is 2.56. The number of aliphatic hydroxyl groups is 1. The Labute approximate surface area is 151 Å². The molecule has 0 radical (unpaired) electrons. The molecule has 1 fully saturated rings. The van der Waals surface area contributed by atoms with E-state index in [1.165, 1.54) is 38.5 Å². The van der Waals surface area contributed by atoms with Gasteiger partial charge in [-0.2, -0.15) is 0 Å². The summed E-state index contributed by atoms with van der Waals surface area (Å²) in [7, 11) is 0. The summed E-state index contributed by atoms with van der Waals surface area (Å²) in [5.41, 5.74) is 1.93. The lowest BCUT2D eigenvalue weighted by molar-refractivity contribution is 0.0265. The van der Waals surface area contributed by atoms with Gasteiger partial charge >= 0.3 is 0 Å². The van der Waals surface area contributed by atoms with Gasteiger partial charge in [0.25, 0.3) is 0 Å². The average Bonchev–Trinajstić information content (AvgIpc) is 2.53. The van der Waals surface area contributed by atoms with Crippen molar-refractivity contribution in [3.8, 4) is 0 Å². The molecule has 2 aliphatic rings. The van der Waals surface area contributed by atoms with Crippen LogP contribution in [-0.4, -0.2) is 11.2 Å². The van der Waals surface area contributed by atoms with Gasteiger partial charge in [-0.3, -0.25) is 0 Å². The predicted octanol–water partition coefficient (Wildman–Crippen LogP) is 6.61. The Morgan fingerprint density at radius 1 is 1.21 bits per heavy atom. The second-order valence-corrected chi connectivity index (χ2v) is 9.61. The lowest BCUT2D eigenvalue weighted by atomic mass is 9.53. The lowest BCUT2D eigenvalue weighted by Gasteiger charge is -2.52. The van der Waals surface area contributed by atoms with Crippen molar-refractivity contribution in [2.24, 2.45) is 35.0 Å². The average molecular weight is 335 g/mol. The first-order valence-corrected chi connectivity index (χ1v) is 10.7. The molecule has 1 N–H and O–H groups in total. The van der Waals surface area contributed by atoms with Gasteiger partial charge in [0, 0.05) is 0 Å². The SMILES string of the molecule is CCCC(C)C1CC=C2CC(O)CCC2(C)C1CCC(C)C(C)C. The van der Waals surface area contributed by atoms with Crippen molar-refractivity contribution in [1.29, 1.82) is 0 Å². The summed E-state index contributed by atoms with van der Waals surface area (Å²) in [4.78, 5) is 0. The number of rotatable bonds is 7. The maximum Gasteiger partial charge on any atom is 0.0577 e. The molecule has 0 aromatic rings. The van der Waals surface area contributed by atoms with E-state index in [1.807, 2.05) is 0 Å². The van der Waals surface area contributed by atoms with Crippen molar-refractivity contribution in [3.05, 3.63) is 11.6 Å². The number of allylic oxidation sites excluding steroid dienone is 1. The Morgan fingerprint density at radius 3 is 2.54 bits per heavy atom. The van der Waals surface area contributed by atoms with E-state index in [-0.39, 0.29) is 6.10 Å². The molecule has 2 aliphatic carbocycles. The largest absolute Gasteiger partial charge is 0.393 e. The highest BCUT2D eigenvalue weighted by Gasteiger charge is 2.47. The highest BCUT2D eigenvalue weighted by atomic mass is 16.3. The maximum atomic E-state index is 10.2. The monoisotopic (exact) mass is 334 g/mol. The van der Waals surface area contributed by atoms with E-state index in [0.717, 1.165) is 42.4 Å². The second-order valence-electron chi connectivity index (χ2n) is 9.61. The van der Waals surface area contributed by atoms with Gasteiger partial charge in [-0.25, -0.2) is 0 Å². The van der Waals surface area contributed by atoms with E-state index >= 15 is 0 Å². The zero-order chi connectivity index (χ0) is 17.9. The van der Waals surface area contributed by atoms with E-state index in [2.05, 4.69) is 47.6 Å². The predicted molar refractivity (Wildman–Crippen MR) is 105 cm³/mol. The zero-order valence-corrected chi connectivity index (χ0v) is 17.1.